The molecule has 1 saturated heterocycles. The molecule has 1 atom stereocenters. The van der Waals surface area contributed by atoms with Crippen LogP contribution in [0.3, 0.4) is 0 Å². The molecule has 2 aromatic rings. The summed E-state index contributed by atoms with van der Waals surface area (Å²) in [5.74, 6) is 0.993. The summed E-state index contributed by atoms with van der Waals surface area (Å²) in [5, 5.41) is 9.96. The van der Waals surface area contributed by atoms with Crippen molar-refractivity contribution in [1.82, 2.24) is 24.9 Å². The lowest BCUT2D eigenvalue weighted by atomic mass is 10.1. The van der Waals surface area contributed by atoms with Crippen LogP contribution in [0.4, 0.5) is 0 Å². The Hall–Kier alpha value is -1.90. The lowest BCUT2D eigenvalue weighted by Gasteiger charge is -2.35. The summed E-state index contributed by atoms with van der Waals surface area (Å²) >= 11 is 1.89. The topological polar surface area (TPSA) is 57.9 Å². The Morgan fingerprint density at radius 3 is 3.18 bits per heavy atom. The van der Waals surface area contributed by atoms with Crippen molar-refractivity contribution in [1.29, 1.82) is 0 Å². The number of aliphatic imine (C=N–C) groups is 1. The molecule has 0 spiro atoms. The van der Waals surface area contributed by atoms with Gasteiger partial charge >= 0.3 is 0 Å². The number of nitrogens with one attached hydrogen (secondary N) is 1. The predicted octanol–water partition coefficient (Wildman–Crippen LogP) is 1.88. The maximum absolute atomic E-state index is 5.98. The molecular formula is C20H30N6OS. The third-order valence-electron chi connectivity index (χ3n) is 5.36. The molecule has 0 bridgehead atoms. The quantitative estimate of drug-likeness (QED) is 0.611. The van der Waals surface area contributed by atoms with E-state index in [0.29, 0.717) is 6.61 Å². The van der Waals surface area contributed by atoms with E-state index in [2.05, 4.69) is 38.6 Å². The highest BCUT2D eigenvalue weighted by atomic mass is 32.1. The first-order chi connectivity index (χ1) is 13.7. The van der Waals surface area contributed by atoms with Gasteiger partial charge in [-0.1, -0.05) is 0 Å². The molecule has 4 rings (SSSR count). The second-order valence-corrected chi connectivity index (χ2v) is 8.38. The van der Waals surface area contributed by atoms with Gasteiger partial charge in [0.05, 0.1) is 25.9 Å². The molecule has 28 heavy (non-hydrogen) atoms. The third-order valence-corrected chi connectivity index (χ3v) is 6.39. The summed E-state index contributed by atoms with van der Waals surface area (Å²) < 4.78 is 7.80. The number of thiophene rings is 1. The molecule has 2 aliphatic rings. The van der Waals surface area contributed by atoms with E-state index in [1.165, 1.54) is 12.0 Å². The maximum atomic E-state index is 5.98. The molecule has 2 aromatic heterocycles. The minimum absolute atomic E-state index is 0.0467. The van der Waals surface area contributed by atoms with Gasteiger partial charge < -0.3 is 15.0 Å². The fraction of sp³-hybridized carbons (Fsp3) is 0.600. The number of aromatic nitrogens is 2. The molecule has 1 N–H and O–H groups in total. The van der Waals surface area contributed by atoms with Crippen molar-refractivity contribution < 1.29 is 4.74 Å². The normalized spacial score (nSPS) is 21.0. The highest BCUT2D eigenvalue weighted by Gasteiger charge is 2.25. The monoisotopic (exact) mass is 402 g/mol. The van der Waals surface area contributed by atoms with Gasteiger partial charge in [0.2, 0.25) is 0 Å². The van der Waals surface area contributed by atoms with Gasteiger partial charge in [0.1, 0.15) is 6.10 Å². The number of ether oxygens (including phenoxy) is 1. The molecule has 1 fully saturated rings. The number of rotatable bonds is 5. The first kappa shape index (κ1) is 19.4. The number of hydrogen-bond acceptors (Lipinski definition) is 5. The summed E-state index contributed by atoms with van der Waals surface area (Å²) in [7, 11) is 1.94. The zero-order chi connectivity index (χ0) is 19.3. The predicted molar refractivity (Wildman–Crippen MR) is 113 cm³/mol. The van der Waals surface area contributed by atoms with Gasteiger partial charge in [-0.3, -0.25) is 14.6 Å². The fourth-order valence-electron chi connectivity index (χ4n) is 3.87. The minimum atomic E-state index is 0.0467. The molecule has 2 aliphatic heterocycles. The van der Waals surface area contributed by atoms with Crippen LogP contribution in [0.1, 0.15) is 29.0 Å². The van der Waals surface area contributed by atoms with Crippen LogP contribution in [0.15, 0.2) is 28.8 Å². The van der Waals surface area contributed by atoms with E-state index in [9.17, 15) is 0 Å². The molecule has 0 amide bonds. The summed E-state index contributed by atoms with van der Waals surface area (Å²) in [4.78, 5) is 11.3. The van der Waals surface area contributed by atoms with Crippen LogP contribution < -0.4 is 5.32 Å². The fourth-order valence-corrected chi connectivity index (χ4v) is 4.76. The van der Waals surface area contributed by atoms with E-state index in [4.69, 9.17) is 9.73 Å². The van der Waals surface area contributed by atoms with Crippen molar-refractivity contribution in [2.45, 2.75) is 26.0 Å². The Labute approximate surface area is 171 Å². The van der Waals surface area contributed by atoms with Gasteiger partial charge in [-0.15, -0.1) is 11.3 Å². The molecule has 7 nitrogen and oxygen atoms in total. The number of fused-ring (bicyclic) bond motifs is 1. The van der Waals surface area contributed by atoms with Gasteiger partial charge in [-0.25, -0.2) is 0 Å². The van der Waals surface area contributed by atoms with E-state index in [0.717, 1.165) is 57.3 Å². The van der Waals surface area contributed by atoms with Gasteiger partial charge in [-0.05, 0) is 30.4 Å². The molecule has 8 heteroatoms. The Bertz CT molecular complexity index is 800. The van der Waals surface area contributed by atoms with Crippen LogP contribution >= 0.6 is 11.3 Å². The highest BCUT2D eigenvalue weighted by molar-refractivity contribution is 7.10. The standard InChI is InChI=1S/C20H30N6OS/c1-3-21-20(22-6-8-25-7-4-19-16(14-25)5-11-28-19)26-9-10-27-18(15-26)17-12-23-24(2)13-17/h5,11-13,18H,3-4,6-10,14-15H2,1-2H3,(H,21,22). The lowest BCUT2D eigenvalue weighted by Crippen LogP contribution is -2.48. The lowest BCUT2D eigenvalue weighted by molar-refractivity contribution is -0.00805. The average Bonchev–Trinajstić information content (AvgIpc) is 3.36. The van der Waals surface area contributed by atoms with Gasteiger partial charge in [0.25, 0.3) is 0 Å². The van der Waals surface area contributed by atoms with Crippen molar-refractivity contribution in [3.63, 3.8) is 0 Å². The first-order valence-corrected chi connectivity index (χ1v) is 11.0. The Kier molecular flexibility index (Phi) is 6.29. The zero-order valence-electron chi connectivity index (χ0n) is 16.8. The maximum Gasteiger partial charge on any atom is 0.194 e. The zero-order valence-corrected chi connectivity index (χ0v) is 17.6. The van der Waals surface area contributed by atoms with E-state index in [-0.39, 0.29) is 6.10 Å². The Morgan fingerprint density at radius 2 is 2.36 bits per heavy atom. The third kappa shape index (κ3) is 4.56. The molecule has 152 valence electrons. The molecule has 4 heterocycles. The average molecular weight is 403 g/mol. The van der Waals surface area contributed by atoms with E-state index in [1.807, 2.05) is 35.5 Å². The van der Waals surface area contributed by atoms with Gasteiger partial charge in [0, 0.05) is 56.4 Å². The molecule has 0 saturated carbocycles. The summed E-state index contributed by atoms with van der Waals surface area (Å²) in [6, 6.07) is 2.27. The van der Waals surface area contributed by atoms with Crippen molar-refractivity contribution in [2.24, 2.45) is 12.0 Å². The van der Waals surface area contributed by atoms with E-state index in [1.54, 1.807) is 4.88 Å². The van der Waals surface area contributed by atoms with Crippen molar-refractivity contribution >= 4 is 17.3 Å². The molecule has 0 aliphatic carbocycles. The van der Waals surface area contributed by atoms with Gasteiger partial charge in [-0.2, -0.15) is 5.10 Å². The molecule has 0 aromatic carbocycles. The van der Waals surface area contributed by atoms with Crippen LogP contribution in [0.2, 0.25) is 0 Å². The van der Waals surface area contributed by atoms with Gasteiger partial charge in [0.15, 0.2) is 5.96 Å². The van der Waals surface area contributed by atoms with Crippen LogP contribution in [0, 0.1) is 0 Å². The Balaban J connectivity index is 1.35. The summed E-state index contributed by atoms with van der Waals surface area (Å²) in [6.45, 7) is 9.39. The number of morpholine rings is 1. The number of hydrogen-bond donors (Lipinski definition) is 1. The largest absolute Gasteiger partial charge is 0.370 e. The van der Waals surface area contributed by atoms with Crippen molar-refractivity contribution in [2.75, 3.05) is 45.9 Å². The second kappa shape index (κ2) is 9.07. The van der Waals surface area contributed by atoms with E-state index >= 15 is 0 Å². The summed E-state index contributed by atoms with van der Waals surface area (Å²) in [6.07, 6.45) is 5.15. The SMILES string of the molecule is CCNC(=NCCN1CCc2sccc2C1)N1CCOC(c2cnn(C)c2)C1. The van der Waals surface area contributed by atoms with Crippen LogP contribution in [0.5, 0.6) is 0 Å². The Morgan fingerprint density at radius 1 is 1.43 bits per heavy atom. The minimum Gasteiger partial charge on any atom is -0.370 e. The number of guanidine groups is 1. The molecule has 0 radical (unpaired) electrons. The smallest absolute Gasteiger partial charge is 0.194 e. The summed E-state index contributed by atoms with van der Waals surface area (Å²) in [5.41, 5.74) is 2.63. The first-order valence-electron chi connectivity index (χ1n) is 10.1. The molecule has 1 unspecified atom stereocenters. The van der Waals surface area contributed by atoms with Crippen LogP contribution in [0.25, 0.3) is 0 Å². The van der Waals surface area contributed by atoms with Crippen molar-refractivity contribution in [3.05, 3.63) is 39.8 Å². The molecular weight excluding hydrogens is 372 g/mol. The number of nitrogens with zero attached hydrogens (tertiary/aromatic N) is 5. The van der Waals surface area contributed by atoms with E-state index < -0.39 is 0 Å². The number of aryl methyl sites for hydroxylation is 1. The second-order valence-electron chi connectivity index (χ2n) is 7.38. The van der Waals surface area contributed by atoms with Crippen LogP contribution in [-0.4, -0.2) is 71.4 Å². The highest BCUT2D eigenvalue weighted by Crippen LogP contribution is 2.24. The van der Waals surface area contributed by atoms with Crippen LogP contribution in [-0.2, 0) is 24.8 Å². The van der Waals surface area contributed by atoms with Crippen molar-refractivity contribution in [3.8, 4) is 0 Å².